The third kappa shape index (κ3) is 2.31. The second-order valence-electron chi connectivity index (χ2n) is 5.08. The van der Waals surface area contributed by atoms with Gasteiger partial charge >= 0.3 is 0 Å². The highest BCUT2D eigenvalue weighted by atomic mass is 32.1. The Morgan fingerprint density at radius 3 is 2.71 bits per heavy atom. The van der Waals surface area contributed by atoms with Crippen LogP contribution in [0.15, 0.2) is 23.0 Å². The highest BCUT2D eigenvalue weighted by Crippen LogP contribution is 2.31. The number of nitrogens with zero attached hydrogens (tertiary/aromatic N) is 3. The smallest absolute Gasteiger partial charge is 0.251 e. The van der Waals surface area contributed by atoms with E-state index in [0.29, 0.717) is 18.2 Å². The van der Waals surface area contributed by atoms with Gasteiger partial charge in [0.1, 0.15) is 10.6 Å². The van der Waals surface area contributed by atoms with E-state index in [9.17, 15) is 4.79 Å². The molecule has 0 saturated carbocycles. The summed E-state index contributed by atoms with van der Waals surface area (Å²) >= 11 is 1.61. The first-order valence-corrected chi connectivity index (χ1v) is 7.47. The summed E-state index contributed by atoms with van der Waals surface area (Å²) in [6.07, 6.45) is 0. The van der Waals surface area contributed by atoms with Gasteiger partial charge in [-0.15, -0.1) is 11.3 Å². The van der Waals surface area contributed by atoms with Crippen LogP contribution in [-0.2, 0) is 6.54 Å². The molecule has 0 bridgehead atoms. The molecular weight excluding hydrogens is 284 g/mol. The molecule has 0 radical (unpaired) electrons. The molecule has 0 fully saturated rings. The molecule has 0 amide bonds. The molecule has 0 aliphatic rings. The first-order valence-electron chi connectivity index (χ1n) is 6.66. The summed E-state index contributed by atoms with van der Waals surface area (Å²) in [5, 5.41) is 0.929. The first-order chi connectivity index (χ1) is 9.97. The van der Waals surface area contributed by atoms with Crippen molar-refractivity contribution in [2.45, 2.75) is 27.3 Å². The lowest BCUT2D eigenvalue weighted by Gasteiger charge is -2.09. The van der Waals surface area contributed by atoms with Gasteiger partial charge in [-0.2, -0.15) is 0 Å². The third-order valence-corrected chi connectivity index (χ3v) is 4.77. The molecule has 108 valence electrons. The maximum atomic E-state index is 11.9. The van der Waals surface area contributed by atoms with Crippen LogP contribution in [0.4, 0.5) is 5.82 Å². The van der Waals surface area contributed by atoms with Crippen molar-refractivity contribution in [3.05, 3.63) is 50.5 Å². The van der Waals surface area contributed by atoms with E-state index in [-0.39, 0.29) is 5.56 Å². The number of hydrogen-bond acceptors (Lipinski definition) is 5. The number of pyridine rings is 1. The highest BCUT2D eigenvalue weighted by molar-refractivity contribution is 7.18. The normalized spacial score (nSPS) is 11.2. The average molecular weight is 300 g/mol. The van der Waals surface area contributed by atoms with Crippen LogP contribution >= 0.6 is 11.3 Å². The van der Waals surface area contributed by atoms with Gasteiger partial charge in [0.2, 0.25) is 0 Å². The number of nitrogen functional groups attached to an aromatic ring is 1. The van der Waals surface area contributed by atoms with E-state index in [1.54, 1.807) is 22.0 Å². The lowest BCUT2D eigenvalue weighted by atomic mass is 10.2. The molecule has 0 aliphatic heterocycles. The summed E-state index contributed by atoms with van der Waals surface area (Å²) < 4.78 is 1.65. The summed E-state index contributed by atoms with van der Waals surface area (Å²) in [4.78, 5) is 22.9. The Kier molecular flexibility index (Phi) is 3.25. The molecule has 0 spiro atoms. The minimum absolute atomic E-state index is 0.0594. The number of hydrogen-bond donors (Lipinski definition) is 1. The van der Waals surface area contributed by atoms with E-state index in [1.165, 1.54) is 10.9 Å². The number of nitrogens with two attached hydrogens (primary N) is 1. The fourth-order valence-corrected chi connectivity index (χ4v) is 3.42. The second-order valence-corrected chi connectivity index (χ2v) is 6.28. The largest absolute Gasteiger partial charge is 0.383 e. The summed E-state index contributed by atoms with van der Waals surface area (Å²) in [7, 11) is 0. The second kappa shape index (κ2) is 4.96. The number of anilines is 1. The monoisotopic (exact) mass is 300 g/mol. The average Bonchev–Trinajstić information content (AvgIpc) is 2.70. The molecule has 6 heteroatoms. The summed E-state index contributed by atoms with van der Waals surface area (Å²) in [6, 6.07) is 5.18. The quantitative estimate of drug-likeness (QED) is 0.788. The predicted octanol–water partition coefficient (Wildman–Crippen LogP) is 2.41. The summed E-state index contributed by atoms with van der Waals surface area (Å²) in [5.74, 6) is 1.05. The maximum Gasteiger partial charge on any atom is 0.251 e. The Morgan fingerprint density at radius 1 is 1.24 bits per heavy atom. The zero-order chi connectivity index (χ0) is 15.1. The van der Waals surface area contributed by atoms with E-state index in [1.807, 2.05) is 26.8 Å². The number of aromatic nitrogens is 3. The van der Waals surface area contributed by atoms with Gasteiger partial charge in [-0.3, -0.25) is 4.79 Å². The van der Waals surface area contributed by atoms with Crippen molar-refractivity contribution >= 4 is 27.4 Å². The molecule has 3 rings (SSSR count). The molecular formula is C15H16N4OS. The lowest BCUT2D eigenvalue weighted by molar-refractivity contribution is 0.696. The van der Waals surface area contributed by atoms with Gasteiger partial charge < -0.3 is 10.3 Å². The SMILES string of the molecule is Cc1sc2nc(Cn3c(C)cccc3=O)nc(N)c2c1C. The molecule has 3 aromatic heterocycles. The molecule has 21 heavy (non-hydrogen) atoms. The Balaban J connectivity index is 2.12. The summed E-state index contributed by atoms with van der Waals surface area (Å²) in [6.45, 7) is 6.30. The van der Waals surface area contributed by atoms with Crippen LogP contribution in [0.25, 0.3) is 10.2 Å². The predicted molar refractivity (Wildman–Crippen MR) is 85.8 cm³/mol. The van der Waals surface area contributed by atoms with Crippen LogP contribution in [-0.4, -0.2) is 14.5 Å². The lowest BCUT2D eigenvalue weighted by Crippen LogP contribution is -2.22. The first kappa shape index (κ1) is 13.8. The van der Waals surface area contributed by atoms with Crippen molar-refractivity contribution in [2.24, 2.45) is 0 Å². The van der Waals surface area contributed by atoms with Crippen LogP contribution in [0.1, 0.15) is 22.0 Å². The Hall–Kier alpha value is -2.21. The minimum Gasteiger partial charge on any atom is -0.383 e. The zero-order valence-electron chi connectivity index (χ0n) is 12.2. The standard InChI is InChI=1S/C15H16N4OS/c1-8-5-4-6-12(20)19(8)7-11-17-14(16)13-9(2)10(3)21-15(13)18-11/h4-6H,7H2,1-3H3,(H2,16,17,18). The van der Waals surface area contributed by atoms with Gasteiger partial charge in [-0.05, 0) is 32.4 Å². The van der Waals surface area contributed by atoms with Crippen molar-refractivity contribution in [3.8, 4) is 0 Å². The fourth-order valence-electron chi connectivity index (χ4n) is 2.36. The van der Waals surface area contributed by atoms with Crippen LogP contribution in [0, 0.1) is 20.8 Å². The Labute approximate surface area is 126 Å². The highest BCUT2D eigenvalue weighted by Gasteiger charge is 2.13. The maximum absolute atomic E-state index is 11.9. The van der Waals surface area contributed by atoms with Gasteiger partial charge in [-0.25, -0.2) is 9.97 Å². The number of aryl methyl sites for hydroxylation is 3. The number of thiophene rings is 1. The number of rotatable bonds is 2. The minimum atomic E-state index is -0.0594. The van der Waals surface area contributed by atoms with Gasteiger partial charge in [0.15, 0.2) is 5.82 Å². The fraction of sp³-hybridized carbons (Fsp3) is 0.267. The van der Waals surface area contributed by atoms with Crippen molar-refractivity contribution in [1.82, 2.24) is 14.5 Å². The van der Waals surface area contributed by atoms with Crippen LogP contribution in [0.3, 0.4) is 0 Å². The molecule has 0 unspecified atom stereocenters. The van der Waals surface area contributed by atoms with Gasteiger partial charge in [0.05, 0.1) is 11.9 Å². The van der Waals surface area contributed by atoms with E-state index < -0.39 is 0 Å². The van der Waals surface area contributed by atoms with Crippen LogP contribution < -0.4 is 11.3 Å². The molecule has 0 atom stereocenters. The Bertz CT molecular complexity index is 895. The van der Waals surface area contributed by atoms with Crippen molar-refractivity contribution in [2.75, 3.05) is 5.73 Å². The third-order valence-electron chi connectivity index (χ3n) is 3.67. The van der Waals surface area contributed by atoms with Gasteiger partial charge in [0, 0.05) is 16.6 Å². The van der Waals surface area contributed by atoms with Gasteiger partial charge in [0.25, 0.3) is 5.56 Å². The summed E-state index contributed by atoms with van der Waals surface area (Å²) in [5.41, 5.74) is 8.02. The van der Waals surface area contributed by atoms with E-state index in [0.717, 1.165) is 21.5 Å². The van der Waals surface area contributed by atoms with E-state index in [4.69, 9.17) is 5.73 Å². The van der Waals surface area contributed by atoms with E-state index >= 15 is 0 Å². The van der Waals surface area contributed by atoms with Crippen molar-refractivity contribution < 1.29 is 0 Å². The van der Waals surface area contributed by atoms with Crippen molar-refractivity contribution in [1.29, 1.82) is 0 Å². The zero-order valence-corrected chi connectivity index (χ0v) is 13.0. The topological polar surface area (TPSA) is 73.8 Å². The molecule has 5 nitrogen and oxygen atoms in total. The molecule has 0 saturated heterocycles. The van der Waals surface area contributed by atoms with Crippen molar-refractivity contribution in [3.63, 3.8) is 0 Å². The molecule has 3 aromatic rings. The van der Waals surface area contributed by atoms with E-state index in [2.05, 4.69) is 9.97 Å². The molecule has 0 aromatic carbocycles. The Morgan fingerprint density at radius 2 is 2.00 bits per heavy atom. The molecule has 0 aliphatic carbocycles. The number of fused-ring (bicyclic) bond motifs is 1. The van der Waals surface area contributed by atoms with Crippen LogP contribution in [0.2, 0.25) is 0 Å². The van der Waals surface area contributed by atoms with Gasteiger partial charge in [-0.1, -0.05) is 6.07 Å². The van der Waals surface area contributed by atoms with Crippen LogP contribution in [0.5, 0.6) is 0 Å². The molecule has 2 N–H and O–H groups in total. The molecule has 3 heterocycles.